The first-order valence-corrected chi connectivity index (χ1v) is 10.5. The van der Waals surface area contributed by atoms with Crippen molar-refractivity contribution >= 4 is 27.6 Å². The SMILES string of the molecule is O=C([O-])[C@@H]1CCCC[C@H]1C(=O)Nc1ccc(S(=O)(=O)N2CCCC2)cc1. The number of aliphatic carboxylic acids is 1. The van der Waals surface area contributed by atoms with Gasteiger partial charge in [0, 0.05) is 36.6 Å². The molecule has 3 rings (SSSR count). The maximum Gasteiger partial charge on any atom is 0.243 e. The number of anilines is 1. The van der Waals surface area contributed by atoms with E-state index in [9.17, 15) is 23.1 Å². The minimum absolute atomic E-state index is 0.197. The number of rotatable bonds is 5. The quantitative estimate of drug-likeness (QED) is 0.820. The summed E-state index contributed by atoms with van der Waals surface area (Å²) in [5.74, 6) is -2.91. The van der Waals surface area contributed by atoms with Crippen molar-refractivity contribution in [3.63, 3.8) is 0 Å². The zero-order valence-electron chi connectivity index (χ0n) is 14.5. The predicted molar refractivity (Wildman–Crippen MR) is 93.5 cm³/mol. The van der Waals surface area contributed by atoms with Gasteiger partial charge in [-0.3, -0.25) is 4.79 Å². The molecule has 1 amide bonds. The number of hydrogen-bond donors (Lipinski definition) is 1. The molecule has 1 heterocycles. The number of sulfonamides is 1. The van der Waals surface area contributed by atoms with E-state index in [-0.39, 0.29) is 10.8 Å². The summed E-state index contributed by atoms with van der Waals surface area (Å²) in [6.07, 6.45) is 4.31. The van der Waals surface area contributed by atoms with Crippen LogP contribution in [0.2, 0.25) is 0 Å². The Balaban J connectivity index is 1.69. The second kappa shape index (κ2) is 7.75. The summed E-state index contributed by atoms with van der Waals surface area (Å²) in [5, 5.41) is 13.9. The largest absolute Gasteiger partial charge is 0.550 e. The fraction of sp³-hybridized carbons (Fsp3) is 0.556. The number of carbonyl (C=O) groups excluding carboxylic acids is 2. The van der Waals surface area contributed by atoms with Gasteiger partial charge in [0.1, 0.15) is 0 Å². The van der Waals surface area contributed by atoms with Crippen molar-refractivity contribution in [2.75, 3.05) is 18.4 Å². The topological polar surface area (TPSA) is 107 Å². The highest BCUT2D eigenvalue weighted by Crippen LogP contribution is 2.31. The smallest absolute Gasteiger partial charge is 0.243 e. The molecule has 2 atom stereocenters. The van der Waals surface area contributed by atoms with Crippen LogP contribution in [0.4, 0.5) is 5.69 Å². The van der Waals surface area contributed by atoms with Crippen LogP contribution in [0.15, 0.2) is 29.2 Å². The minimum Gasteiger partial charge on any atom is -0.550 e. The summed E-state index contributed by atoms with van der Waals surface area (Å²) in [6.45, 7) is 1.07. The third-order valence-electron chi connectivity index (χ3n) is 5.23. The van der Waals surface area contributed by atoms with Gasteiger partial charge in [0.25, 0.3) is 0 Å². The lowest BCUT2D eigenvalue weighted by atomic mass is 9.78. The van der Waals surface area contributed by atoms with Crippen LogP contribution in [0.5, 0.6) is 0 Å². The van der Waals surface area contributed by atoms with Crippen molar-refractivity contribution in [3.05, 3.63) is 24.3 Å². The molecule has 1 saturated carbocycles. The van der Waals surface area contributed by atoms with Gasteiger partial charge in [0.15, 0.2) is 0 Å². The van der Waals surface area contributed by atoms with Gasteiger partial charge in [-0.05, 0) is 49.9 Å². The number of benzene rings is 1. The number of hydrogen-bond acceptors (Lipinski definition) is 5. The van der Waals surface area contributed by atoms with Crippen LogP contribution in [-0.4, -0.2) is 37.7 Å². The second-order valence-corrected chi connectivity index (χ2v) is 8.88. The van der Waals surface area contributed by atoms with Crippen molar-refractivity contribution in [1.29, 1.82) is 0 Å². The predicted octanol–water partition coefficient (Wildman–Crippen LogP) is 0.966. The lowest BCUT2D eigenvalue weighted by molar-refractivity contribution is -0.313. The van der Waals surface area contributed by atoms with Gasteiger partial charge in [-0.15, -0.1) is 0 Å². The van der Waals surface area contributed by atoms with E-state index in [1.807, 2.05) is 0 Å². The van der Waals surface area contributed by atoms with E-state index in [2.05, 4.69) is 5.32 Å². The Bertz CT molecular complexity index is 769. The molecule has 2 fully saturated rings. The van der Waals surface area contributed by atoms with Crippen molar-refractivity contribution < 1.29 is 23.1 Å². The van der Waals surface area contributed by atoms with Gasteiger partial charge in [-0.2, -0.15) is 4.31 Å². The summed E-state index contributed by atoms with van der Waals surface area (Å²) in [5.41, 5.74) is 0.457. The maximum absolute atomic E-state index is 12.5. The van der Waals surface area contributed by atoms with Crippen molar-refractivity contribution in [2.45, 2.75) is 43.4 Å². The van der Waals surface area contributed by atoms with Crippen LogP contribution in [0.3, 0.4) is 0 Å². The summed E-state index contributed by atoms with van der Waals surface area (Å²) in [7, 11) is -3.49. The Morgan fingerprint density at radius 2 is 1.54 bits per heavy atom. The Morgan fingerprint density at radius 3 is 2.12 bits per heavy atom. The van der Waals surface area contributed by atoms with E-state index in [0.29, 0.717) is 31.6 Å². The summed E-state index contributed by atoms with van der Waals surface area (Å²) in [6, 6.07) is 6.02. The Labute approximate surface area is 153 Å². The maximum atomic E-state index is 12.5. The normalized spacial score (nSPS) is 24.3. The number of carbonyl (C=O) groups is 2. The molecule has 1 saturated heterocycles. The molecule has 0 radical (unpaired) electrons. The summed E-state index contributed by atoms with van der Waals surface area (Å²) < 4.78 is 26.5. The van der Waals surface area contributed by atoms with E-state index >= 15 is 0 Å². The van der Waals surface area contributed by atoms with Crippen LogP contribution < -0.4 is 10.4 Å². The van der Waals surface area contributed by atoms with Crippen LogP contribution in [0.1, 0.15) is 38.5 Å². The van der Waals surface area contributed by atoms with Crippen LogP contribution in [-0.2, 0) is 19.6 Å². The van der Waals surface area contributed by atoms with Crippen LogP contribution in [0.25, 0.3) is 0 Å². The number of carboxylic acids is 1. The highest BCUT2D eigenvalue weighted by molar-refractivity contribution is 7.89. The van der Waals surface area contributed by atoms with Gasteiger partial charge in [-0.25, -0.2) is 8.42 Å². The Morgan fingerprint density at radius 1 is 0.962 bits per heavy atom. The van der Waals surface area contributed by atoms with Crippen molar-refractivity contribution in [2.24, 2.45) is 11.8 Å². The minimum atomic E-state index is -3.49. The molecule has 7 nitrogen and oxygen atoms in total. The van der Waals surface area contributed by atoms with Gasteiger partial charge < -0.3 is 15.2 Å². The molecule has 26 heavy (non-hydrogen) atoms. The molecule has 1 aromatic carbocycles. The molecular weight excluding hydrogens is 356 g/mol. The van der Waals surface area contributed by atoms with Crippen LogP contribution in [0, 0.1) is 11.8 Å². The van der Waals surface area contributed by atoms with E-state index in [1.54, 1.807) is 0 Å². The molecule has 1 aliphatic carbocycles. The lowest BCUT2D eigenvalue weighted by Crippen LogP contribution is -2.42. The first-order chi connectivity index (χ1) is 12.4. The summed E-state index contributed by atoms with van der Waals surface area (Å²) in [4.78, 5) is 23.9. The molecule has 1 aliphatic heterocycles. The molecule has 142 valence electrons. The Kier molecular flexibility index (Phi) is 5.62. The van der Waals surface area contributed by atoms with E-state index in [4.69, 9.17) is 0 Å². The molecule has 1 N–H and O–H groups in total. The molecule has 0 spiro atoms. The molecule has 0 unspecified atom stereocenters. The highest BCUT2D eigenvalue weighted by Gasteiger charge is 2.32. The molecule has 8 heteroatoms. The molecular formula is C18H23N2O5S-. The monoisotopic (exact) mass is 379 g/mol. The van der Waals surface area contributed by atoms with Crippen molar-refractivity contribution in [1.82, 2.24) is 4.31 Å². The lowest BCUT2D eigenvalue weighted by Gasteiger charge is -2.31. The molecule has 0 aromatic heterocycles. The third kappa shape index (κ3) is 3.91. The number of carboxylic acid groups (broad SMARTS) is 1. The zero-order chi connectivity index (χ0) is 18.7. The molecule has 1 aromatic rings. The van der Waals surface area contributed by atoms with E-state index < -0.39 is 27.8 Å². The molecule has 0 bridgehead atoms. The third-order valence-corrected chi connectivity index (χ3v) is 7.14. The van der Waals surface area contributed by atoms with Gasteiger partial charge in [0.05, 0.1) is 4.90 Å². The molecule has 2 aliphatic rings. The second-order valence-electron chi connectivity index (χ2n) is 6.94. The average molecular weight is 379 g/mol. The van der Waals surface area contributed by atoms with Gasteiger partial charge >= 0.3 is 0 Å². The number of nitrogens with one attached hydrogen (secondary N) is 1. The fourth-order valence-electron chi connectivity index (χ4n) is 3.75. The Hall–Kier alpha value is -1.93. The van der Waals surface area contributed by atoms with E-state index in [0.717, 1.165) is 25.7 Å². The van der Waals surface area contributed by atoms with Gasteiger partial charge in [-0.1, -0.05) is 12.8 Å². The van der Waals surface area contributed by atoms with Gasteiger partial charge in [0.2, 0.25) is 15.9 Å². The first-order valence-electron chi connectivity index (χ1n) is 9.01. The summed E-state index contributed by atoms with van der Waals surface area (Å²) >= 11 is 0. The standard InChI is InChI=1S/C18H24N2O5S/c21-17(15-5-1-2-6-16(15)18(22)23)19-13-7-9-14(10-8-13)26(24,25)20-11-3-4-12-20/h7-10,15-16H,1-6,11-12H2,(H,19,21)(H,22,23)/p-1/t15-,16-/m1/s1. The number of amides is 1. The van der Waals surface area contributed by atoms with Crippen molar-refractivity contribution in [3.8, 4) is 0 Å². The fourth-order valence-corrected chi connectivity index (χ4v) is 5.27. The number of nitrogens with zero attached hydrogens (tertiary/aromatic N) is 1. The van der Waals surface area contributed by atoms with Crippen LogP contribution >= 0.6 is 0 Å². The first kappa shape index (κ1) is 18.8. The van der Waals surface area contributed by atoms with E-state index in [1.165, 1.54) is 28.6 Å². The average Bonchev–Trinajstić information content (AvgIpc) is 3.17. The zero-order valence-corrected chi connectivity index (χ0v) is 15.3. The highest BCUT2D eigenvalue weighted by atomic mass is 32.2.